The van der Waals surface area contributed by atoms with Crippen LogP contribution >= 0.6 is 24.0 Å². The second-order valence-corrected chi connectivity index (χ2v) is 6.67. The molecule has 1 aliphatic heterocycles. The van der Waals surface area contributed by atoms with Crippen molar-refractivity contribution in [3.63, 3.8) is 0 Å². The van der Waals surface area contributed by atoms with Crippen molar-refractivity contribution in [2.24, 2.45) is 10.9 Å². The summed E-state index contributed by atoms with van der Waals surface area (Å²) in [5, 5.41) is 6.61. The highest BCUT2D eigenvalue weighted by molar-refractivity contribution is 14.0. The monoisotopic (exact) mass is 476 g/mol. The summed E-state index contributed by atoms with van der Waals surface area (Å²) in [6.07, 6.45) is 1.47. The van der Waals surface area contributed by atoms with Gasteiger partial charge in [-0.1, -0.05) is 32.0 Å². The zero-order valence-electron chi connectivity index (χ0n) is 15.8. The number of carbonyl (C=O) groups is 1. The van der Waals surface area contributed by atoms with Crippen molar-refractivity contribution in [2.75, 3.05) is 26.2 Å². The lowest BCUT2D eigenvalue weighted by Gasteiger charge is -2.20. The van der Waals surface area contributed by atoms with Crippen molar-refractivity contribution in [1.82, 2.24) is 15.5 Å². The summed E-state index contributed by atoms with van der Waals surface area (Å²) in [4.78, 5) is 18.5. The van der Waals surface area contributed by atoms with E-state index >= 15 is 0 Å². The molecule has 2 N–H and O–H groups in total. The number of guanidine groups is 1. The predicted molar refractivity (Wildman–Crippen MR) is 114 cm³/mol. The number of aliphatic imine (C=N–C) groups is 1. The van der Waals surface area contributed by atoms with Gasteiger partial charge in [0.05, 0.1) is 0 Å². The third-order valence-corrected chi connectivity index (χ3v) is 4.29. The lowest BCUT2D eigenvalue weighted by atomic mass is 10.1. The van der Waals surface area contributed by atoms with Crippen LogP contribution in [-0.4, -0.2) is 49.0 Å². The number of likely N-dealkylation sites (tertiary alicyclic amines) is 1. The number of halogens is 2. The lowest BCUT2D eigenvalue weighted by molar-refractivity contribution is -0.133. The van der Waals surface area contributed by atoms with E-state index in [0.717, 1.165) is 25.5 Å². The molecular formula is C19H30FIN4O. The van der Waals surface area contributed by atoms with Crippen molar-refractivity contribution in [2.45, 2.75) is 39.7 Å². The minimum absolute atomic E-state index is 0. The Hall–Kier alpha value is -1.38. The van der Waals surface area contributed by atoms with Crippen molar-refractivity contribution < 1.29 is 9.18 Å². The van der Waals surface area contributed by atoms with Crippen LogP contribution in [0.25, 0.3) is 0 Å². The molecule has 1 aromatic carbocycles. The molecule has 0 aromatic heterocycles. The summed E-state index contributed by atoms with van der Waals surface area (Å²) in [6.45, 7) is 8.62. The third kappa shape index (κ3) is 6.74. The molecule has 1 amide bonds. The zero-order valence-corrected chi connectivity index (χ0v) is 18.1. The Labute approximate surface area is 172 Å². The van der Waals surface area contributed by atoms with Crippen LogP contribution in [0.15, 0.2) is 29.3 Å². The fourth-order valence-electron chi connectivity index (χ4n) is 2.95. The molecule has 7 heteroatoms. The van der Waals surface area contributed by atoms with Gasteiger partial charge in [0.25, 0.3) is 0 Å². The first-order valence-corrected chi connectivity index (χ1v) is 9.08. The number of amides is 1. The van der Waals surface area contributed by atoms with Crippen LogP contribution in [0.2, 0.25) is 0 Å². The van der Waals surface area contributed by atoms with Gasteiger partial charge in [0.15, 0.2) is 5.96 Å². The Morgan fingerprint density at radius 3 is 2.77 bits per heavy atom. The smallest absolute Gasteiger partial charge is 0.225 e. The topological polar surface area (TPSA) is 56.7 Å². The highest BCUT2D eigenvalue weighted by Crippen LogP contribution is 2.13. The number of rotatable bonds is 6. The maximum atomic E-state index is 13.7. The number of hydrogen-bond acceptors (Lipinski definition) is 2. The van der Waals surface area contributed by atoms with Gasteiger partial charge in [-0.15, -0.1) is 24.0 Å². The average Bonchev–Trinajstić information content (AvgIpc) is 3.04. The van der Waals surface area contributed by atoms with Gasteiger partial charge in [-0.3, -0.25) is 9.79 Å². The molecule has 0 aliphatic carbocycles. The zero-order chi connectivity index (χ0) is 18.2. The van der Waals surface area contributed by atoms with Gasteiger partial charge >= 0.3 is 0 Å². The second kappa shape index (κ2) is 11.4. The van der Waals surface area contributed by atoms with Crippen molar-refractivity contribution in [3.8, 4) is 0 Å². The Balaban J connectivity index is 0.00000338. The van der Waals surface area contributed by atoms with E-state index in [1.54, 1.807) is 12.1 Å². The van der Waals surface area contributed by atoms with Crippen LogP contribution < -0.4 is 10.6 Å². The molecule has 1 aliphatic rings. The van der Waals surface area contributed by atoms with E-state index in [1.165, 1.54) is 6.07 Å². The fourth-order valence-corrected chi connectivity index (χ4v) is 2.95. The molecule has 2 rings (SSSR count). The standard InChI is InChI=1S/C19H29FN4O.HI/c1-4-21-19(22-11-9-15-7-5-6-8-17(15)20)23-16-10-12-24(13-16)18(25)14(2)3;/h5-8,14,16H,4,9-13H2,1-3H3,(H2,21,22,23);1H. The molecular weight excluding hydrogens is 446 g/mol. The molecule has 1 heterocycles. The van der Waals surface area contributed by atoms with Crippen molar-refractivity contribution in [3.05, 3.63) is 35.6 Å². The van der Waals surface area contributed by atoms with Crippen molar-refractivity contribution >= 4 is 35.8 Å². The summed E-state index contributed by atoms with van der Waals surface area (Å²) >= 11 is 0. The van der Waals surface area contributed by atoms with E-state index in [2.05, 4.69) is 15.6 Å². The molecule has 1 aromatic rings. The summed E-state index contributed by atoms with van der Waals surface area (Å²) in [7, 11) is 0. The molecule has 5 nitrogen and oxygen atoms in total. The van der Waals surface area contributed by atoms with E-state index in [4.69, 9.17) is 0 Å². The van der Waals surface area contributed by atoms with Crippen LogP contribution in [0.1, 0.15) is 32.8 Å². The number of benzene rings is 1. The number of hydrogen-bond donors (Lipinski definition) is 2. The number of carbonyl (C=O) groups excluding carboxylic acids is 1. The number of nitrogens with zero attached hydrogens (tertiary/aromatic N) is 2. The molecule has 1 atom stereocenters. The van der Waals surface area contributed by atoms with E-state index < -0.39 is 0 Å². The highest BCUT2D eigenvalue weighted by Gasteiger charge is 2.27. The maximum Gasteiger partial charge on any atom is 0.225 e. The Morgan fingerprint density at radius 2 is 2.12 bits per heavy atom. The molecule has 0 spiro atoms. The predicted octanol–water partition coefficient (Wildman–Crippen LogP) is 2.80. The Kier molecular flexibility index (Phi) is 9.90. The van der Waals surface area contributed by atoms with Crippen molar-refractivity contribution in [1.29, 1.82) is 0 Å². The molecule has 1 unspecified atom stereocenters. The van der Waals surface area contributed by atoms with Crippen LogP contribution in [0.4, 0.5) is 4.39 Å². The SMILES string of the molecule is CCNC(=NCCc1ccccc1F)NC1CCN(C(=O)C(C)C)C1.I. The Morgan fingerprint density at radius 1 is 1.38 bits per heavy atom. The average molecular weight is 476 g/mol. The van der Waals surface area contributed by atoms with Crippen LogP contribution in [0, 0.1) is 11.7 Å². The van der Waals surface area contributed by atoms with Crippen LogP contribution in [-0.2, 0) is 11.2 Å². The second-order valence-electron chi connectivity index (χ2n) is 6.67. The van der Waals surface area contributed by atoms with E-state index in [9.17, 15) is 9.18 Å². The van der Waals surface area contributed by atoms with Gasteiger partial charge < -0.3 is 15.5 Å². The number of nitrogens with one attached hydrogen (secondary N) is 2. The summed E-state index contributed by atoms with van der Waals surface area (Å²) in [5.74, 6) is 0.768. The molecule has 1 saturated heterocycles. The Bertz CT molecular complexity index is 609. The van der Waals surface area contributed by atoms with E-state index in [0.29, 0.717) is 25.1 Å². The largest absolute Gasteiger partial charge is 0.357 e. The molecule has 26 heavy (non-hydrogen) atoms. The minimum Gasteiger partial charge on any atom is -0.357 e. The summed E-state index contributed by atoms with van der Waals surface area (Å²) in [5.41, 5.74) is 0.677. The van der Waals surface area contributed by atoms with Gasteiger partial charge in [-0.25, -0.2) is 4.39 Å². The van der Waals surface area contributed by atoms with Gasteiger partial charge in [0.1, 0.15) is 5.82 Å². The van der Waals surface area contributed by atoms with Gasteiger partial charge in [0.2, 0.25) is 5.91 Å². The minimum atomic E-state index is -0.186. The quantitative estimate of drug-likeness (QED) is 0.377. The molecule has 1 fully saturated rings. The van der Waals surface area contributed by atoms with Crippen LogP contribution in [0.5, 0.6) is 0 Å². The summed E-state index contributed by atoms with van der Waals surface area (Å²) < 4.78 is 13.7. The first-order chi connectivity index (χ1) is 12.0. The van der Waals surface area contributed by atoms with Gasteiger partial charge in [-0.2, -0.15) is 0 Å². The molecule has 0 saturated carbocycles. The van der Waals surface area contributed by atoms with Crippen LogP contribution in [0.3, 0.4) is 0 Å². The first-order valence-electron chi connectivity index (χ1n) is 9.08. The van der Waals surface area contributed by atoms with Gasteiger partial charge in [-0.05, 0) is 31.4 Å². The molecule has 146 valence electrons. The summed E-state index contributed by atoms with van der Waals surface area (Å²) in [6, 6.07) is 7.00. The molecule has 0 radical (unpaired) electrons. The highest BCUT2D eigenvalue weighted by atomic mass is 127. The van der Waals surface area contributed by atoms with E-state index in [1.807, 2.05) is 31.7 Å². The fraction of sp³-hybridized carbons (Fsp3) is 0.579. The maximum absolute atomic E-state index is 13.7. The third-order valence-electron chi connectivity index (χ3n) is 4.29. The van der Waals surface area contributed by atoms with Gasteiger partial charge in [0, 0.05) is 38.1 Å². The van der Waals surface area contributed by atoms with E-state index in [-0.39, 0.29) is 47.7 Å². The lowest BCUT2D eigenvalue weighted by Crippen LogP contribution is -2.45. The molecule has 0 bridgehead atoms. The normalized spacial score (nSPS) is 17.2. The first kappa shape index (κ1) is 22.7.